The Labute approximate surface area is 116 Å². The van der Waals surface area contributed by atoms with E-state index in [1.54, 1.807) is 7.11 Å². The molecule has 1 heterocycles. The molecule has 1 N–H and O–H groups in total. The summed E-state index contributed by atoms with van der Waals surface area (Å²) in [5, 5.41) is 9.99. The van der Waals surface area contributed by atoms with Crippen molar-refractivity contribution < 1.29 is 9.84 Å². The maximum absolute atomic E-state index is 9.99. The molecule has 0 aliphatic carbocycles. The van der Waals surface area contributed by atoms with E-state index in [1.165, 1.54) is 11.1 Å². The molecule has 0 unspecified atom stereocenters. The van der Waals surface area contributed by atoms with Gasteiger partial charge in [-0.1, -0.05) is 19.1 Å². The van der Waals surface area contributed by atoms with Gasteiger partial charge in [0, 0.05) is 11.0 Å². The average Bonchev–Trinajstić information content (AvgIpc) is 2.48. The van der Waals surface area contributed by atoms with Crippen molar-refractivity contribution in [2.45, 2.75) is 31.6 Å². The molecule has 0 saturated carbocycles. The highest BCUT2D eigenvalue weighted by atomic mass is 16.5. The monoisotopic (exact) mass is 263 g/mol. The molecule has 0 bridgehead atoms. The lowest BCUT2D eigenvalue weighted by Crippen LogP contribution is -2.43. The Morgan fingerprint density at radius 1 is 1.32 bits per heavy atom. The molecule has 19 heavy (non-hydrogen) atoms. The fourth-order valence-corrected chi connectivity index (χ4v) is 2.95. The van der Waals surface area contributed by atoms with E-state index in [4.69, 9.17) is 4.74 Å². The van der Waals surface area contributed by atoms with Gasteiger partial charge in [0.25, 0.3) is 0 Å². The van der Waals surface area contributed by atoms with Gasteiger partial charge in [0.2, 0.25) is 0 Å². The predicted molar refractivity (Wildman–Crippen MR) is 77.9 cm³/mol. The Morgan fingerprint density at radius 2 is 2.00 bits per heavy atom. The van der Waals surface area contributed by atoms with E-state index in [0.29, 0.717) is 0 Å². The summed E-state index contributed by atoms with van der Waals surface area (Å²) in [6.45, 7) is 4.41. The topological polar surface area (TPSA) is 32.7 Å². The molecule has 0 amide bonds. The zero-order valence-corrected chi connectivity index (χ0v) is 12.3. The lowest BCUT2D eigenvalue weighted by atomic mass is 9.72. The van der Waals surface area contributed by atoms with Crippen LogP contribution in [0.15, 0.2) is 18.2 Å². The molecule has 1 aliphatic rings. The van der Waals surface area contributed by atoms with Crippen LogP contribution >= 0.6 is 0 Å². The number of benzene rings is 1. The molecule has 0 atom stereocenters. The van der Waals surface area contributed by atoms with Crippen molar-refractivity contribution in [2.24, 2.45) is 0 Å². The average molecular weight is 263 g/mol. The fourth-order valence-electron chi connectivity index (χ4n) is 2.95. The summed E-state index contributed by atoms with van der Waals surface area (Å²) < 4.78 is 5.53. The highest BCUT2D eigenvalue weighted by Crippen LogP contribution is 2.40. The molecule has 1 saturated heterocycles. The molecule has 0 radical (unpaired) electrons. The third kappa shape index (κ3) is 2.77. The summed E-state index contributed by atoms with van der Waals surface area (Å²) in [5.41, 5.74) is 2.36. The van der Waals surface area contributed by atoms with Gasteiger partial charge in [-0.2, -0.15) is 0 Å². The molecule has 1 fully saturated rings. The number of aliphatic hydroxyl groups is 1. The van der Waals surface area contributed by atoms with E-state index in [1.807, 2.05) is 6.07 Å². The molecule has 1 aliphatic heterocycles. The minimum Gasteiger partial charge on any atom is -0.496 e. The number of aryl methyl sites for hydroxylation is 1. The minimum absolute atomic E-state index is 0.136. The van der Waals surface area contributed by atoms with Crippen LogP contribution in [0.4, 0.5) is 0 Å². The number of hydrogen-bond donors (Lipinski definition) is 1. The van der Waals surface area contributed by atoms with E-state index in [0.717, 1.165) is 38.1 Å². The Morgan fingerprint density at radius 3 is 2.53 bits per heavy atom. The third-order valence-corrected chi connectivity index (χ3v) is 4.49. The quantitative estimate of drug-likeness (QED) is 0.904. The standard InChI is InChI=1S/C16H25NO2/c1-4-13-5-6-15(19-3)14(11-13)16(12-18)7-9-17(2)10-8-16/h5-6,11,18H,4,7-10,12H2,1-3H3. The molecule has 2 rings (SSSR count). The van der Waals surface area contributed by atoms with Gasteiger partial charge in [-0.15, -0.1) is 0 Å². The van der Waals surface area contributed by atoms with Crippen LogP contribution < -0.4 is 4.74 Å². The number of ether oxygens (including phenoxy) is 1. The normalized spacial score (nSPS) is 19.4. The molecule has 1 aromatic rings. The van der Waals surface area contributed by atoms with Gasteiger partial charge in [-0.05, 0) is 51.0 Å². The highest BCUT2D eigenvalue weighted by molar-refractivity contribution is 5.43. The second-order valence-corrected chi connectivity index (χ2v) is 5.63. The first kappa shape index (κ1) is 14.4. The zero-order chi connectivity index (χ0) is 13.9. The first-order valence-corrected chi connectivity index (χ1v) is 7.12. The third-order valence-electron chi connectivity index (χ3n) is 4.49. The second-order valence-electron chi connectivity index (χ2n) is 5.63. The van der Waals surface area contributed by atoms with E-state index < -0.39 is 0 Å². The highest BCUT2D eigenvalue weighted by Gasteiger charge is 2.37. The van der Waals surface area contributed by atoms with Gasteiger partial charge < -0.3 is 14.7 Å². The van der Waals surface area contributed by atoms with Gasteiger partial charge in [0.15, 0.2) is 0 Å². The second kappa shape index (κ2) is 5.93. The first-order valence-electron chi connectivity index (χ1n) is 7.12. The Balaban J connectivity index is 2.41. The summed E-state index contributed by atoms with van der Waals surface area (Å²) in [5.74, 6) is 0.913. The summed E-state index contributed by atoms with van der Waals surface area (Å²) in [6, 6.07) is 6.38. The van der Waals surface area contributed by atoms with Crippen molar-refractivity contribution in [1.29, 1.82) is 0 Å². The first-order chi connectivity index (χ1) is 9.15. The number of methoxy groups -OCH3 is 1. The fraction of sp³-hybridized carbons (Fsp3) is 0.625. The largest absolute Gasteiger partial charge is 0.496 e. The van der Waals surface area contributed by atoms with E-state index >= 15 is 0 Å². The number of piperidine rings is 1. The number of hydrogen-bond acceptors (Lipinski definition) is 3. The van der Waals surface area contributed by atoms with Crippen molar-refractivity contribution >= 4 is 0 Å². The van der Waals surface area contributed by atoms with Crippen LogP contribution in [0.3, 0.4) is 0 Å². The summed E-state index contributed by atoms with van der Waals surface area (Å²) in [6.07, 6.45) is 2.99. The van der Waals surface area contributed by atoms with E-state index in [2.05, 4.69) is 31.0 Å². The molecular weight excluding hydrogens is 238 g/mol. The maximum Gasteiger partial charge on any atom is 0.122 e. The summed E-state index contributed by atoms with van der Waals surface area (Å²) in [4.78, 5) is 2.32. The molecular formula is C16H25NO2. The number of likely N-dealkylation sites (tertiary alicyclic amines) is 1. The van der Waals surface area contributed by atoms with Crippen molar-refractivity contribution in [3.63, 3.8) is 0 Å². The molecule has 106 valence electrons. The van der Waals surface area contributed by atoms with Gasteiger partial charge in [-0.3, -0.25) is 0 Å². The zero-order valence-electron chi connectivity index (χ0n) is 12.3. The van der Waals surface area contributed by atoms with Crippen molar-refractivity contribution in [3.05, 3.63) is 29.3 Å². The van der Waals surface area contributed by atoms with Gasteiger partial charge >= 0.3 is 0 Å². The smallest absolute Gasteiger partial charge is 0.122 e. The molecule has 0 aromatic heterocycles. The minimum atomic E-state index is -0.136. The van der Waals surface area contributed by atoms with Gasteiger partial charge in [0.1, 0.15) is 5.75 Å². The molecule has 1 aromatic carbocycles. The van der Waals surface area contributed by atoms with Crippen LogP contribution in [0.25, 0.3) is 0 Å². The van der Waals surface area contributed by atoms with Crippen LogP contribution in [0, 0.1) is 0 Å². The molecule has 0 spiro atoms. The lowest BCUT2D eigenvalue weighted by molar-refractivity contribution is 0.112. The van der Waals surface area contributed by atoms with Crippen LogP contribution in [0.1, 0.15) is 30.9 Å². The predicted octanol–water partition coefficient (Wildman–Crippen LogP) is 2.21. The van der Waals surface area contributed by atoms with Crippen molar-refractivity contribution in [3.8, 4) is 5.75 Å². The van der Waals surface area contributed by atoms with E-state index in [-0.39, 0.29) is 12.0 Å². The molecule has 3 heteroatoms. The van der Waals surface area contributed by atoms with Crippen molar-refractivity contribution in [1.82, 2.24) is 4.90 Å². The van der Waals surface area contributed by atoms with Gasteiger partial charge in [-0.25, -0.2) is 0 Å². The van der Waals surface area contributed by atoms with Gasteiger partial charge in [0.05, 0.1) is 13.7 Å². The van der Waals surface area contributed by atoms with Crippen LogP contribution in [0.5, 0.6) is 5.75 Å². The number of aliphatic hydroxyl groups excluding tert-OH is 1. The summed E-state index contributed by atoms with van der Waals surface area (Å²) in [7, 11) is 3.85. The molecule has 3 nitrogen and oxygen atoms in total. The maximum atomic E-state index is 9.99. The Kier molecular flexibility index (Phi) is 4.48. The summed E-state index contributed by atoms with van der Waals surface area (Å²) >= 11 is 0. The van der Waals surface area contributed by atoms with Crippen LogP contribution in [0.2, 0.25) is 0 Å². The Bertz CT molecular complexity index is 423. The SMILES string of the molecule is CCc1ccc(OC)c(C2(CO)CCN(C)CC2)c1. The van der Waals surface area contributed by atoms with Crippen molar-refractivity contribution in [2.75, 3.05) is 33.9 Å². The number of rotatable bonds is 4. The van der Waals surface area contributed by atoms with E-state index in [9.17, 15) is 5.11 Å². The Hall–Kier alpha value is -1.06. The van der Waals surface area contributed by atoms with Crippen LogP contribution in [-0.4, -0.2) is 43.9 Å². The number of nitrogens with zero attached hydrogens (tertiary/aromatic N) is 1. The van der Waals surface area contributed by atoms with Crippen LogP contribution in [-0.2, 0) is 11.8 Å². The lowest BCUT2D eigenvalue weighted by Gasteiger charge is -2.40.